The zero-order valence-corrected chi connectivity index (χ0v) is 16.7. The average molecular weight is 386 g/mol. The van der Waals surface area contributed by atoms with E-state index >= 15 is 0 Å². The maximum absolute atomic E-state index is 12.3. The van der Waals surface area contributed by atoms with Gasteiger partial charge in [0.25, 0.3) is 0 Å². The molecule has 0 aliphatic rings. The van der Waals surface area contributed by atoms with Crippen molar-refractivity contribution in [3.8, 4) is 11.6 Å². The van der Waals surface area contributed by atoms with Crippen LogP contribution in [0.3, 0.4) is 0 Å². The molecule has 0 saturated carbocycles. The Morgan fingerprint density at radius 1 is 1.03 bits per heavy atom. The summed E-state index contributed by atoms with van der Waals surface area (Å²) in [6, 6.07) is 21.3. The lowest BCUT2D eigenvalue weighted by Gasteiger charge is -2.11. The van der Waals surface area contributed by atoms with Crippen LogP contribution in [0.25, 0.3) is 6.08 Å². The Balaban J connectivity index is 1.67. The number of unbranched alkanes of at least 4 members (excludes halogenated alkanes) is 2. The summed E-state index contributed by atoms with van der Waals surface area (Å²) in [5.74, 6) is 0.854. The summed E-state index contributed by atoms with van der Waals surface area (Å²) in [4.78, 5) is 16.6. The molecule has 0 radical (unpaired) electrons. The fourth-order valence-corrected chi connectivity index (χ4v) is 2.93. The standard InChI is InChI=1S/C25H26N2O2/c1-2-3-5-12-21-13-8-14-22(19-21)29-25-23(15-9-18-26-25)27-24(28)17-16-20-10-6-4-7-11-20/h4,6-11,13-19H,2-3,5,12H2,1H3,(H,27,28)/b17-16+. The number of carbonyl (C=O) groups excluding carboxylic acids is 1. The second-order valence-electron chi connectivity index (χ2n) is 6.80. The second-order valence-corrected chi connectivity index (χ2v) is 6.80. The lowest BCUT2D eigenvalue weighted by Crippen LogP contribution is -2.09. The van der Waals surface area contributed by atoms with Gasteiger partial charge >= 0.3 is 0 Å². The number of anilines is 1. The van der Waals surface area contributed by atoms with Crippen LogP contribution in [0.5, 0.6) is 11.6 Å². The predicted octanol–water partition coefficient (Wildman–Crippen LogP) is 6.26. The quantitative estimate of drug-likeness (QED) is 0.349. The molecular weight excluding hydrogens is 360 g/mol. The van der Waals surface area contributed by atoms with Gasteiger partial charge in [0.05, 0.1) is 0 Å². The van der Waals surface area contributed by atoms with Gasteiger partial charge in [0.2, 0.25) is 11.8 Å². The minimum atomic E-state index is -0.236. The first-order valence-electron chi connectivity index (χ1n) is 10.0. The Bertz CT molecular complexity index is 952. The van der Waals surface area contributed by atoms with E-state index < -0.39 is 0 Å². The van der Waals surface area contributed by atoms with Crippen LogP contribution in [-0.2, 0) is 11.2 Å². The molecule has 29 heavy (non-hydrogen) atoms. The highest BCUT2D eigenvalue weighted by Gasteiger charge is 2.09. The third-order valence-electron chi connectivity index (χ3n) is 4.44. The van der Waals surface area contributed by atoms with Crippen molar-refractivity contribution >= 4 is 17.7 Å². The van der Waals surface area contributed by atoms with E-state index in [1.165, 1.54) is 30.9 Å². The van der Waals surface area contributed by atoms with E-state index in [9.17, 15) is 4.79 Å². The average Bonchev–Trinajstić information content (AvgIpc) is 2.75. The molecule has 0 atom stereocenters. The number of nitrogens with one attached hydrogen (secondary N) is 1. The Hall–Kier alpha value is -3.40. The van der Waals surface area contributed by atoms with Crippen LogP contribution in [0.4, 0.5) is 5.69 Å². The summed E-state index contributed by atoms with van der Waals surface area (Å²) in [5, 5.41) is 2.84. The number of rotatable bonds is 9. The first kappa shape index (κ1) is 20.3. The summed E-state index contributed by atoms with van der Waals surface area (Å²) in [7, 11) is 0. The van der Waals surface area contributed by atoms with Gasteiger partial charge in [-0.3, -0.25) is 4.79 Å². The van der Waals surface area contributed by atoms with Crippen molar-refractivity contribution in [2.45, 2.75) is 32.6 Å². The van der Waals surface area contributed by atoms with Crippen molar-refractivity contribution in [3.05, 3.63) is 90.1 Å². The van der Waals surface area contributed by atoms with Crippen molar-refractivity contribution in [2.24, 2.45) is 0 Å². The van der Waals surface area contributed by atoms with Crippen LogP contribution in [0, 0.1) is 0 Å². The molecule has 1 N–H and O–H groups in total. The highest BCUT2D eigenvalue weighted by molar-refractivity contribution is 6.02. The first-order valence-corrected chi connectivity index (χ1v) is 10.0. The molecule has 0 bridgehead atoms. The Morgan fingerprint density at radius 3 is 2.72 bits per heavy atom. The van der Waals surface area contributed by atoms with E-state index in [1.54, 1.807) is 24.4 Å². The molecule has 0 fully saturated rings. The molecule has 0 aliphatic heterocycles. The van der Waals surface area contributed by atoms with Gasteiger partial charge in [-0.2, -0.15) is 0 Å². The zero-order chi connectivity index (χ0) is 20.3. The zero-order valence-electron chi connectivity index (χ0n) is 16.7. The molecule has 2 aromatic carbocycles. The molecule has 3 aromatic rings. The fraction of sp³-hybridized carbons (Fsp3) is 0.200. The molecule has 148 valence electrons. The SMILES string of the molecule is CCCCCc1cccc(Oc2ncccc2NC(=O)/C=C/c2ccccc2)c1. The molecule has 1 amide bonds. The number of nitrogens with zero attached hydrogens (tertiary/aromatic N) is 1. The number of hydrogen-bond donors (Lipinski definition) is 1. The third-order valence-corrected chi connectivity index (χ3v) is 4.44. The van der Waals surface area contributed by atoms with Crippen LogP contribution in [0.2, 0.25) is 0 Å². The van der Waals surface area contributed by atoms with Gasteiger partial charge in [0, 0.05) is 12.3 Å². The van der Waals surface area contributed by atoms with Crippen LogP contribution in [0.15, 0.2) is 79.0 Å². The van der Waals surface area contributed by atoms with E-state index in [4.69, 9.17) is 4.74 Å². The van der Waals surface area contributed by atoms with Crippen molar-refractivity contribution in [2.75, 3.05) is 5.32 Å². The number of aryl methyl sites for hydroxylation is 1. The van der Waals surface area contributed by atoms with E-state index in [0.29, 0.717) is 17.3 Å². The number of benzene rings is 2. The lowest BCUT2D eigenvalue weighted by molar-refractivity contribution is -0.111. The summed E-state index contributed by atoms with van der Waals surface area (Å²) in [6.07, 6.45) is 9.53. The number of pyridine rings is 1. The smallest absolute Gasteiger partial charge is 0.248 e. The van der Waals surface area contributed by atoms with Crippen molar-refractivity contribution in [1.82, 2.24) is 4.98 Å². The molecule has 0 saturated heterocycles. The summed E-state index contributed by atoms with van der Waals surface area (Å²) < 4.78 is 5.97. The summed E-state index contributed by atoms with van der Waals surface area (Å²) in [6.45, 7) is 2.20. The van der Waals surface area contributed by atoms with Gasteiger partial charge in [-0.15, -0.1) is 0 Å². The summed E-state index contributed by atoms with van der Waals surface area (Å²) >= 11 is 0. The van der Waals surface area contributed by atoms with Gasteiger partial charge < -0.3 is 10.1 Å². The normalized spacial score (nSPS) is 10.8. The minimum Gasteiger partial charge on any atom is -0.437 e. The molecule has 0 aliphatic carbocycles. The minimum absolute atomic E-state index is 0.236. The number of ether oxygens (including phenoxy) is 1. The number of aromatic nitrogens is 1. The van der Waals surface area contributed by atoms with Gasteiger partial charge in [0.1, 0.15) is 11.4 Å². The lowest BCUT2D eigenvalue weighted by atomic mass is 10.1. The molecule has 4 nitrogen and oxygen atoms in total. The maximum atomic E-state index is 12.3. The van der Waals surface area contributed by atoms with E-state index in [0.717, 1.165) is 12.0 Å². The van der Waals surface area contributed by atoms with Crippen LogP contribution in [-0.4, -0.2) is 10.9 Å². The van der Waals surface area contributed by atoms with Crippen molar-refractivity contribution < 1.29 is 9.53 Å². The van der Waals surface area contributed by atoms with Crippen LogP contribution >= 0.6 is 0 Å². The predicted molar refractivity (Wildman–Crippen MR) is 118 cm³/mol. The third kappa shape index (κ3) is 6.61. The molecule has 4 heteroatoms. The molecule has 0 unspecified atom stereocenters. The Labute approximate surface area is 172 Å². The van der Waals surface area contributed by atoms with E-state index in [-0.39, 0.29) is 5.91 Å². The van der Waals surface area contributed by atoms with Gasteiger partial charge in [-0.25, -0.2) is 4.98 Å². The van der Waals surface area contributed by atoms with Gasteiger partial charge in [0.15, 0.2) is 0 Å². The Kier molecular flexibility index (Phi) is 7.58. The second kappa shape index (κ2) is 10.8. The van der Waals surface area contributed by atoms with Gasteiger partial charge in [-0.05, 0) is 54.3 Å². The maximum Gasteiger partial charge on any atom is 0.248 e. The molecule has 3 rings (SSSR count). The highest BCUT2D eigenvalue weighted by Crippen LogP contribution is 2.27. The van der Waals surface area contributed by atoms with E-state index in [2.05, 4.69) is 23.3 Å². The highest BCUT2D eigenvalue weighted by atomic mass is 16.5. The van der Waals surface area contributed by atoms with Crippen LogP contribution in [0.1, 0.15) is 37.3 Å². The number of amides is 1. The number of hydrogen-bond acceptors (Lipinski definition) is 3. The van der Waals surface area contributed by atoms with Crippen molar-refractivity contribution in [1.29, 1.82) is 0 Å². The fourth-order valence-electron chi connectivity index (χ4n) is 2.93. The molecular formula is C25H26N2O2. The van der Waals surface area contributed by atoms with Crippen LogP contribution < -0.4 is 10.1 Å². The molecule has 0 spiro atoms. The topological polar surface area (TPSA) is 51.2 Å². The van der Waals surface area contributed by atoms with Gasteiger partial charge in [-0.1, -0.05) is 62.2 Å². The largest absolute Gasteiger partial charge is 0.437 e. The van der Waals surface area contributed by atoms with E-state index in [1.807, 2.05) is 48.5 Å². The van der Waals surface area contributed by atoms with Crippen molar-refractivity contribution in [3.63, 3.8) is 0 Å². The number of carbonyl (C=O) groups is 1. The molecule has 1 heterocycles. The monoisotopic (exact) mass is 386 g/mol. The summed E-state index contributed by atoms with van der Waals surface area (Å²) in [5.41, 5.74) is 2.74. The molecule has 1 aromatic heterocycles. The Morgan fingerprint density at radius 2 is 1.90 bits per heavy atom. The first-order chi connectivity index (χ1) is 14.2.